The van der Waals surface area contributed by atoms with E-state index in [-0.39, 0.29) is 0 Å². The highest BCUT2D eigenvalue weighted by Crippen LogP contribution is 2.08. The molecular formula is C10H18N2S. The second kappa shape index (κ2) is 6.13. The third-order valence-corrected chi connectivity index (χ3v) is 2.98. The minimum Gasteiger partial charge on any atom is -0.330 e. The molecule has 1 aromatic heterocycles. The predicted octanol–water partition coefficient (Wildman–Crippen LogP) is 1.62. The van der Waals surface area contributed by atoms with Gasteiger partial charge >= 0.3 is 0 Å². The molecule has 74 valence electrons. The van der Waals surface area contributed by atoms with Crippen molar-refractivity contribution in [2.24, 2.45) is 5.73 Å². The highest BCUT2D eigenvalue weighted by molar-refractivity contribution is 7.09. The van der Waals surface area contributed by atoms with Crippen LogP contribution in [-0.4, -0.2) is 19.1 Å². The fraction of sp³-hybridized carbons (Fsp3) is 0.600. The summed E-state index contributed by atoms with van der Waals surface area (Å²) in [6.07, 6.45) is 2.19. The van der Waals surface area contributed by atoms with Crippen molar-refractivity contribution in [2.45, 2.75) is 25.8 Å². The number of hydrogen-bond donors (Lipinski definition) is 2. The molecule has 3 heteroatoms. The molecule has 0 bridgehead atoms. The molecule has 0 saturated carbocycles. The van der Waals surface area contributed by atoms with Crippen LogP contribution in [-0.2, 0) is 6.42 Å². The summed E-state index contributed by atoms with van der Waals surface area (Å²) >= 11 is 1.82. The lowest BCUT2D eigenvalue weighted by Crippen LogP contribution is -2.29. The number of rotatable bonds is 6. The Balaban J connectivity index is 2.07. The lowest BCUT2D eigenvalue weighted by Gasteiger charge is -2.11. The van der Waals surface area contributed by atoms with Crippen LogP contribution >= 0.6 is 11.3 Å². The molecule has 0 aliphatic rings. The first-order valence-electron chi connectivity index (χ1n) is 4.78. The molecule has 0 radical (unpaired) electrons. The van der Waals surface area contributed by atoms with E-state index >= 15 is 0 Å². The van der Waals surface area contributed by atoms with Crippen LogP contribution in [0.5, 0.6) is 0 Å². The van der Waals surface area contributed by atoms with Crippen LogP contribution in [0.15, 0.2) is 17.5 Å². The van der Waals surface area contributed by atoms with Crippen molar-refractivity contribution in [1.29, 1.82) is 0 Å². The van der Waals surface area contributed by atoms with Gasteiger partial charge in [0.05, 0.1) is 0 Å². The fourth-order valence-electron chi connectivity index (χ4n) is 1.25. The Labute approximate surface area is 84.2 Å². The lowest BCUT2D eigenvalue weighted by molar-refractivity contribution is 0.524. The first-order valence-corrected chi connectivity index (χ1v) is 5.66. The molecule has 0 aliphatic carbocycles. The van der Waals surface area contributed by atoms with Crippen LogP contribution in [0.25, 0.3) is 0 Å². The number of nitrogens with one attached hydrogen (secondary N) is 1. The van der Waals surface area contributed by atoms with Crippen LogP contribution in [0, 0.1) is 0 Å². The van der Waals surface area contributed by atoms with Gasteiger partial charge in [-0.25, -0.2) is 0 Å². The average molecular weight is 198 g/mol. The van der Waals surface area contributed by atoms with E-state index in [0.29, 0.717) is 6.04 Å². The Morgan fingerprint density at radius 1 is 1.62 bits per heavy atom. The third-order valence-electron chi connectivity index (χ3n) is 2.04. The Hall–Kier alpha value is -0.380. The van der Waals surface area contributed by atoms with Crippen molar-refractivity contribution in [1.82, 2.24) is 5.32 Å². The molecule has 1 aromatic rings. The Kier molecular flexibility index (Phi) is 5.05. The van der Waals surface area contributed by atoms with E-state index in [9.17, 15) is 0 Å². The molecule has 1 unspecified atom stereocenters. The van der Waals surface area contributed by atoms with Crippen LogP contribution in [0.2, 0.25) is 0 Å². The summed E-state index contributed by atoms with van der Waals surface area (Å²) < 4.78 is 0. The number of nitrogens with two attached hydrogens (primary N) is 1. The molecule has 0 fully saturated rings. The molecule has 0 aliphatic heterocycles. The molecule has 0 spiro atoms. The molecule has 3 N–H and O–H groups in total. The molecule has 0 saturated heterocycles. The largest absolute Gasteiger partial charge is 0.330 e. The minimum atomic E-state index is 0.546. The lowest BCUT2D eigenvalue weighted by atomic mass is 10.2. The summed E-state index contributed by atoms with van der Waals surface area (Å²) in [4.78, 5) is 1.45. The second-order valence-corrected chi connectivity index (χ2v) is 4.29. The van der Waals surface area contributed by atoms with Crippen LogP contribution in [0.1, 0.15) is 18.2 Å². The van der Waals surface area contributed by atoms with Gasteiger partial charge in [-0.15, -0.1) is 11.3 Å². The topological polar surface area (TPSA) is 38.0 Å². The zero-order chi connectivity index (χ0) is 9.52. The highest BCUT2D eigenvalue weighted by atomic mass is 32.1. The quantitative estimate of drug-likeness (QED) is 0.729. The van der Waals surface area contributed by atoms with E-state index in [4.69, 9.17) is 5.73 Å². The maximum absolute atomic E-state index is 5.46. The van der Waals surface area contributed by atoms with Gasteiger partial charge in [-0.05, 0) is 37.8 Å². The summed E-state index contributed by atoms with van der Waals surface area (Å²) in [6, 6.07) is 4.83. The van der Waals surface area contributed by atoms with Gasteiger partial charge in [-0.1, -0.05) is 6.07 Å². The molecule has 1 atom stereocenters. The van der Waals surface area contributed by atoms with E-state index in [2.05, 4.69) is 29.8 Å². The second-order valence-electron chi connectivity index (χ2n) is 3.26. The van der Waals surface area contributed by atoms with Crippen LogP contribution in [0.4, 0.5) is 0 Å². The predicted molar refractivity (Wildman–Crippen MR) is 59.2 cm³/mol. The van der Waals surface area contributed by atoms with Gasteiger partial charge < -0.3 is 11.1 Å². The first-order chi connectivity index (χ1) is 6.33. The standard InChI is InChI=1S/C10H18N2S/c1-9(4-6-11)12-7-5-10-3-2-8-13-10/h2-3,8-9,12H,4-7,11H2,1H3. The first kappa shape index (κ1) is 10.7. The maximum Gasteiger partial charge on any atom is 0.00578 e. The van der Waals surface area contributed by atoms with Crippen LogP contribution in [0.3, 0.4) is 0 Å². The van der Waals surface area contributed by atoms with Crippen molar-refractivity contribution in [2.75, 3.05) is 13.1 Å². The van der Waals surface area contributed by atoms with E-state index in [1.54, 1.807) is 0 Å². The SMILES string of the molecule is CC(CCN)NCCc1cccs1. The zero-order valence-electron chi connectivity index (χ0n) is 8.12. The third kappa shape index (κ3) is 4.41. The Morgan fingerprint density at radius 2 is 2.46 bits per heavy atom. The van der Waals surface area contributed by atoms with Crippen molar-refractivity contribution in [3.8, 4) is 0 Å². The van der Waals surface area contributed by atoms with Crippen molar-refractivity contribution in [3.05, 3.63) is 22.4 Å². The summed E-state index contributed by atoms with van der Waals surface area (Å²) in [5.74, 6) is 0. The normalized spacial score (nSPS) is 13.1. The van der Waals surface area contributed by atoms with Gasteiger partial charge in [0.2, 0.25) is 0 Å². The van der Waals surface area contributed by atoms with Gasteiger partial charge in [0.25, 0.3) is 0 Å². The molecule has 1 heterocycles. The molecule has 13 heavy (non-hydrogen) atoms. The summed E-state index contributed by atoms with van der Waals surface area (Å²) in [5, 5.41) is 5.57. The summed E-state index contributed by atoms with van der Waals surface area (Å²) in [6.45, 7) is 4.01. The summed E-state index contributed by atoms with van der Waals surface area (Å²) in [5.41, 5.74) is 5.46. The van der Waals surface area contributed by atoms with E-state index in [1.165, 1.54) is 4.88 Å². The molecule has 2 nitrogen and oxygen atoms in total. The van der Waals surface area contributed by atoms with Crippen molar-refractivity contribution in [3.63, 3.8) is 0 Å². The monoisotopic (exact) mass is 198 g/mol. The van der Waals surface area contributed by atoms with Crippen LogP contribution < -0.4 is 11.1 Å². The average Bonchev–Trinajstić information content (AvgIpc) is 2.57. The smallest absolute Gasteiger partial charge is 0.00578 e. The fourth-order valence-corrected chi connectivity index (χ4v) is 1.96. The van der Waals surface area contributed by atoms with Gasteiger partial charge in [-0.3, -0.25) is 0 Å². The summed E-state index contributed by atoms with van der Waals surface area (Å²) in [7, 11) is 0. The van der Waals surface area contributed by atoms with Gasteiger partial charge in [0.1, 0.15) is 0 Å². The van der Waals surface area contributed by atoms with E-state index < -0.39 is 0 Å². The minimum absolute atomic E-state index is 0.546. The molecule has 1 rings (SSSR count). The maximum atomic E-state index is 5.46. The van der Waals surface area contributed by atoms with Crippen molar-refractivity contribution < 1.29 is 0 Å². The Morgan fingerprint density at radius 3 is 3.08 bits per heavy atom. The molecular weight excluding hydrogens is 180 g/mol. The van der Waals surface area contributed by atoms with Gasteiger partial charge in [0.15, 0.2) is 0 Å². The number of hydrogen-bond acceptors (Lipinski definition) is 3. The molecule has 0 amide bonds. The Bertz CT molecular complexity index is 209. The van der Waals surface area contributed by atoms with Crippen molar-refractivity contribution >= 4 is 11.3 Å². The molecule has 0 aromatic carbocycles. The zero-order valence-corrected chi connectivity index (χ0v) is 8.94. The highest BCUT2D eigenvalue weighted by Gasteiger charge is 1.99. The van der Waals surface area contributed by atoms with E-state index in [1.807, 2.05) is 11.3 Å². The van der Waals surface area contributed by atoms with E-state index in [0.717, 1.165) is 25.9 Å². The van der Waals surface area contributed by atoms with Gasteiger partial charge in [-0.2, -0.15) is 0 Å². The number of thiophene rings is 1. The van der Waals surface area contributed by atoms with Gasteiger partial charge in [0, 0.05) is 17.5 Å².